The molecular formula is C15H21NO4. The van der Waals surface area contributed by atoms with E-state index < -0.39 is 11.9 Å². The van der Waals surface area contributed by atoms with Gasteiger partial charge < -0.3 is 9.47 Å². The number of ether oxygens (including phenoxy) is 2. The van der Waals surface area contributed by atoms with Crippen molar-refractivity contribution < 1.29 is 19.1 Å². The molecule has 0 aliphatic heterocycles. The van der Waals surface area contributed by atoms with Gasteiger partial charge in [-0.15, -0.1) is 0 Å². The topological polar surface area (TPSA) is 65.5 Å². The lowest BCUT2D eigenvalue weighted by molar-refractivity contribution is 0.0578. The Labute approximate surface area is 119 Å². The van der Waals surface area contributed by atoms with Crippen molar-refractivity contribution in [1.82, 2.24) is 4.98 Å². The molecule has 110 valence electrons. The molecule has 0 unspecified atom stereocenters. The van der Waals surface area contributed by atoms with Gasteiger partial charge >= 0.3 is 11.9 Å². The van der Waals surface area contributed by atoms with Crippen LogP contribution in [0.3, 0.4) is 0 Å². The fraction of sp³-hybridized carbons (Fsp3) is 0.533. The van der Waals surface area contributed by atoms with Crippen molar-refractivity contribution in [3.63, 3.8) is 0 Å². The third-order valence-electron chi connectivity index (χ3n) is 3.08. The molecule has 0 saturated carbocycles. The summed E-state index contributed by atoms with van der Waals surface area (Å²) >= 11 is 0. The minimum absolute atomic E-state index is 0.297. The molecule has 5 nitrogen and oxygen atoms in total. The highest BCUT2D eigenvalue weighted by Crippen LogP contribution is 2.22. The number of nitrogens with zero attached hydrogens (tertiary/aromatic N) is 1. The number of methoxy groups -OCH3 is 2. The second-order valence-electron chi connectivity index (χ2n) is 4.46. The van der Waals surface area contributed by atoms with Crippen molar-refractivity contribution in [2.45, 2.75) is 39.5 Å². The van der Waals surface area contributed by atoms with Crippen LogP contribution in [0.2, 0.25) is 0 Å². The van der Waals surface area contributed by atoms with Crippen molar-refractivity contribution in [2.75, 3.05) is 14.2 Å². The third-order valence-corrected chi connectivity index (χ3v) is 3.08. The van der Waals surface area contributed by atoms with Crippen molar-refractivity contribution in [1.29, 1.82) is 0 Å². The predicted octanol–water partition coefficient (Wildman–Crippen LogP) is 2.56. The monoisotopic (exact) mass is 279 g/mol. The summed E-state index contributed by atoms with van der Waals surface area (Å²) in [4.78, 5) is 27.8. The van der Waals surface area contributed by atoms with Crippen LogP contribution in [-0.4, -0.2) is 31.1 Å². The van der Waals surface area contributed by atoms with E-state index in [2.05, 4.69) is 4.98 Å². The zero-order valence-electron chi connectivity index (χ0n) is 12.5. The van der Waals surface area contributed by atoms with E-state index in [4.69, 9.17) is 9.47 Å². The van der Waals surface area contributed by atoms with Gasteiger partial charge in [-0.05, 0) is 24.0 Å². The Morgan fingerprint density at radius 2 is 1.55 bits per heavy atom. The molecule has 5 heteroatoms. The maximum Gasteiger partial charge on any atom is 0.356 e. The van der Waals surface area contributed by atoms with Crippen molar-refractivity contribution in [3.8, 4) is 0 Å². The Bertz CT molecular complexity index is 452. The largest absolute Gasteiger partial charge is 0.465 e. The normalized spacial score (nSPS) is 10.2. The summed E-state index contributed by atoms with van der Waals surface area (Å²) in [5, 5.41) is 0. The Morgan fingerprint density at radius 3 is 2.05 bits per heavy atom. The van der Waals surface area contributed by atoms with Gasteiger partial charge in [0.2, 0.25) is 0 Å². The second-order valence-corrected chi connectivity index (χ2v) is 4.46. The van der Waals surface area contributed by atoms with E-state index in [0.29, 0.717) is 24.1 Å². The molecule has 0 radical (unpaired) electrons. The van der Waals surface area contributed by atoms with E-state index in [-0.39, 0.29) is 0 Å². The Balaban J connectivity index is 3.48. The van der Waals surface area contributed by atoms with Gasteiger partial charge in [-0.25, -0.2) is 14.6 Å². The highest BCUT2D eigenvalue weighted by molar-refractivity contribution is 5.94. The molecule has 1 heterocycles. The summed E-state index contributed by atoms with van der Waals surface area (Å²) in [6.07, 6.45) is 4.50. The van der Waals surface area contributed by atoms with Gasteiger partial charge in [0.05, 0.1) is 19.8 Å². The van der Waals surface area contributed by atoms with Crippen LogP contribution in [0.5, 0.6) is 0 Å². The van der Waals surface area contributed by atoms with Gasteiger partial charge in [-0.1, -0.05) is 26.7 Å². The lowest BCUT2D eigenvalue weighted by Gasteiger charge is -2.15. The van der Waals surface area contributed by atoms with Crippen LogP contribution < -0.4 is 0 Å². The molecule has 0 atom stereocenters. The number of aromatic nitrogens is 1. The summed E-state index contributed by atoms with van der Waals surface area (Å²) in [5.74, 6) is -0.892. The Kier molecular flexibility index (Phi) is 6.15. The van der Waals surface area contributed by atoms with Crippen LogP contribution in [0.25, 0.3) is 0 Å². The first-order chi connectivity index (χ1) is 9.60. The number of hydrogen-bond acceptors (Lipinski definition) is 5. The van der Waals surface area contributed by atoms with Gasteiger partial charge in [-0.2, -0.15) is 0 Å². The van der Waals surface area contributed by atoms with Crippen LogP contribution >= 0.6 is 0 Å². The molecule has 20 heavy (non-hydrogen) atoms. The van der Waals surface area contributed by atoms with Crippen LogP contribution in [0.4, 0.5) is 0 Å². The highest BCUT2D eigenvalue weighted by atomic mass is 16.5. The first-order valence-electron chi connectivity index (χ1n) is 6.77. The van der Waals surface area contributed by atoms with Crippen LogP contribution in [-0.2, 0) is 22.3 Å². The number of esters is 2. The van der Waals surface area contributed by atoms with Crippen LogP contribution in [0.15, 0.2) is 6.20 Å². The first kappa shape index (κ1) is 16.1. The molecule has 1 aromatic heterocycles. The molecule has 0 aliphatic rings. The summed E-state index contributed by atoms with van der Waals surface area (Å²) in [6.45, 7) is 4.04. The van der Waals surface area contributed by atoms with E-state index in [0.717, 1.165) is 24.0 Å². The minimum Gasteiger partial charge on any atom is -0.465 e. The lowest BCUT2D eigenvalue weighted by atomic mass is 9.94. The summed E-state index contributed by atoms with van der Waals surface area (Å²) in [7, 11) is 2.67. The Morgan fingerprint density at radius 1 is 1.00 bits per heavy atom. The van der Waals surface area contributed by atoms with E-state index in [9.17, 15) is 9.59 Å². The zero-order chi connectivity index (χ0) is 15.1. The van der Waals surface area contributed by atoms with Crippen LogP contribution in [0.1, 0.15) is 58.7 Å². The fourth-order valence-electron chi connectivity index (χ4n) is 2.20. The van der Waals surface area contributed by atoms with E-state index in [1.54, 1.807) is 0 Å². The van der Waals surface area contributed by atoms with Gasteiger partial charge in [0.1, 0.15) is 0 Å². The number of hydrogen-bond donors (Lipinski definition) is 0. The maximum absolute atomic E-state index is 11.8. The maximum atomic E-state index is 11.8. The SMILES string of the molecule is CCCc1c(C(=O)OC)cnc(C(=O)OC)c1CCC. The predicted molar refractivity (Wildman–Crippen MR) is 74.9 cm³/mol. The molecule has 0 amide bonds. The molecule has 0 N–H and O–H groups in total. The standard InChI is InChI=1S/C15H21NO4/c1-5-7-10-11(8-6-2)13(15(18)20-4)16-9-12(10)14(17)19-3/h9H,5-8H2,1-4H3. The Hall–Kier alpha value is -1.91. The zero-order valence-corrected chi connectivity index (χ0v) is 12.5. The molecule has 0 bridgehead atoms. The molecule has 0 aliphatic carbocycles. The molecular weight excluding hydrogens is 258 g/mol. The van der Waals surface area contributed by atoms with Crippen molar-refractivity contribution in [2.24, 2.45) is 0 Å². The van der Waals surface area contributed by atoms with E-state index in [1.807, 2.05) is 13.8 Å². The van der Waals surface area contributed by atoms with Gasteiger partial charge in [0.15, 0.2) is 5.69 Å². The van der Waals surface area contributed by atoms with Gasteiger partial charge in [0, 0.05) is 6.20 Å². The number of rotatable bonds is 6. The molecule has 1 rings (SSSR count). The molecule has 0 fully saturated rings. The molecule has 0 saturated heterocycles. The second kappa shape index (κ2) is 7.62. The van der Waals surface area contributed by atoms with Crippen molar-refractivity contribution >= 4 is 11.9 Å². The van der Waals surface area contributed by atoms with Gasteiger partial charge in [0.25, 0.3) is 0 Å². The van der Waals surface area contributed by atoms with Crippen LogP contribution in [0, 0.1) is 0 Å². The molecule has 0 spiro atoms. The van der Waals surface area contributed by atoms with Gasteiger partial charge in [-0.3, -0.25) is 0 Å². The van der Waals surface area contributed by atoms with E-state index >= 15 is 0 Å². The van der Waals surface area contributed by atoms with Crippen molar-refractivity contribution in [3.05, 3.63) is 28.6 Å². The average molecular weight is 279 g/mol. The minimum atomic E-state index is -0.470. The summed E-state index contributed by atoms with van der Waals surface area (Å²) in [5.41, 5.74) is 2.37. The number of carbonyl (C=O) groups excluding carboxylic acids is 2. The highest BCUT2D eigenvalue weighted by Gasteiger charge is 2.22. The smallest absolute Gasteiger partial charge is 0.356 e. The number of pyridine rings is 1. The fourth-order valence-corrected chi connectivity index (χ4v) is 2.20. The average Bonchev–Trinajstić information content (AvgIpc) is 2.47. The third kappa shape index (κ3) is 3.35. The number of carbonyl (C=O) groups is 2. The molecule has 0 aromatic carbocycles. The van der Waals surface area contributed by atoms with E-state index in [1.165, 1.54) is 20.4 Å². The summed E-state index contributed by atoms with van der Waals surface area (Å²) < 4.78 is 9.55. The quantitative estimate of drug-likeness (QED) is 0.749. The summed E-state index contributed by atoms with van der Waals surface area (Å²) in [6, 6.07) is 0. The first-order valence-corrected chi connectivity index (χ1v) is 6.77. The molecule has 1 aromatic rings. The lowest BCUT2D eigenvalue weighted by Crippen LogP contribution is -2.16.